The molecule has 0 aromatic carbocycles. The van der Waals surface area contributed by atoms with E-state index in [4.69, 9.17) is 23.9 Å². The highest BCUT2D eigenvalue weighted by Crippen LogP contribution is 2.36. The van der Waals surface area contributed by atoms with E-state index in [2.05, 4.69) is 33.9 Å². The number of nitrogens with zero attached hydrogens (tertiary/aromatic N) is 1. The number of rotatable bonds is 9. The molecule has 0 bridgehead atoms. The van der Waals surface area contributed by atoms with Gasteiger partial charge in [-0.3, -0.25) is 4.79 Å². The van der Waals surface area contributed by atoms with Crippen molar-refractivity contribution in [3.8, 4) is 6.07 Å². The monoisotopic (exact) mass is 303 g/mol. The van der Waals surface area contributed by atoms with E-state index in [1.165, 1.54) is 7.11 Å². The molecule has 0 radical (unpaired) electrons. The van der Waals surface area contributed by atoms with Crippen LogP contribution in [0.15, 0.2) is 0 Å². The van der Waals surface area contributed by atoms with Gasteiger partial charge in [-0.15, -0.1) is 0 Å². The van der Waals surface area contributed by atoms with E-state index in [0.29, 0.717) is 6.47 Å². The van der Waals surface area contributed by atoms with Gasteiger partial charge in [0.1, 0.15) is 6.79 Å². The van der Waals surface area contributed by atoms with Crippen molar-refractivity contribution in [3.63, 3.8) is 0 Å². The number of ether oxygens (including phenoxy) is 3. The van der Waals surface area contributed by atoms with Gasteiger partial charge in [-0.25, -0.2) is 0 Å². The van der Waals surface area contributed by atoms with Crippen LogP contribution < -0.4 is 0 Å². The number of carbonyl (C=O) groups excluding carboxylic acids is 1. The fourth-order valence-corrected chi connectivity index (χ4v) is 2.16. The Morgan fingerprint density at radius 2 is 1.95 bits per heavy atom. The minimum atomic E-state index is -1.98. The molecule has 0 saturated heterocycles. The molecule has 0 N–H and O–H groups in total. The van der Waals surface area contributed by atoms with Gasteiger partial charge in [0.15, 0.2) is 20.5 Å². The zero-order valence-electron chi connectivity index (χ0n) is 13.1. The Morgan fingerprint density at radius 1 is 1.35 bits per heavy atom. The van der Waals surface area contributed by atoms with Gasteiger partial charge in [0, 0.05) is 7.11 Å². The van der Waals surface area contributed by atoms with E-state index < -0.39 is 20.5 Å². The van der Waals surface area contributed by atoms with E-state index in [0.717, 1.165) is 0 Å². The van der Waals surface area contributed by atoms with Gasteiger partial charge in [0.05, 0.1) is 12.7 Å². The van der Waals surface area contributed by atoms with Crippen LogP contribution in [0.4, 0.5) is 0 Å². The molecule has 0 spiro atoms. The zero-order valence-corrected chi connectivity index (χ0v) is 14.1. The van der Waals surface area contributed by atoms with Crippen LogP contribution in [0, 0.1) is 11.3 Å². The third kappa shape index (κ3) is 6.01. The third-order valence-corrected chi connectivity index (χ3v) is 7.98. The highest BCUT2D eigenvalue weighted by molar-refractivity contribution is 6.74. The van der Waals surface area contributed by atoms with E-state index in [1.54, 1.807) is 0 Å². The van der Waals surface area contributed by atoms with Gasteiger partial charge in [-0.1, -0.05) is 20.8 Å². The number of carbonyl (C=O) groups is 1. The summed E-state index contributed by atoms with van der Waals surface area (Å²) in [5.41, 5.74) is 0. The SMILES string of the molecule is COCO[C@@H](C#N)[C@@H](CO[Si](C)(C)C(C)(C)C)OC=O. The van der Waals surface area contributed by atoms with Crippen LogP contribution in [0.3, 0.4) is 0 Å². The van der Waals surface area contributed by atoms with Gasteiger partial charge >= 0.3 is 0 Å². The second-order valence-electron chi connectivity index (χ2n) is 5.96. The standard InChI is InChI=1S/C13H25NO5Si/c1-13(2,3)20(5,6)19-8-12(17-9-15)11(7-14)18-10-16-4/h9,11-12H,8,10H2,1-6H3/t11-,12+/m0/s1. The molecule has 116 valence electrons. The molecule has 0 rings (SSSR count). The average molecular weight is 303 g/mol. The average Bonchev–Trinajstić information content (AvgIpc) is 2.35. The van der Waals surface area contributed by atoms with Crippen LogP contribution in [-0.2, 0) is 23.4 Å². The second kappa shape index (κ2) is 8.37. The fraction of sp³-hybridized carbons (Fsp3) is 0.846. The van der Waals surface area contributed by atoms with Crippen molar-refractivity contribution in [3.05, 3.63) is 0 Å². The largest absolute Gasteiger partial charge is 0.458 e. The molecule has 20 heavy (non-hydrogen) atoms. The predicted octanol–water partition coefficient (Wildman–Crippen LogP) is 2.06. The molecule has 0 saturated carbocycles. The van der Waals surface area contributed by atoms with E-state index in [-0.39, 0.29) is 18.4 Å². The Labute approximate surface area is 122 Å². The van der Waals surface area contributed by atoms with Crippen molar-refractivity contribution in [1.82, 2.24) is 0 Å². The summed E-state index contributed by atoms with van der Waals surface area (Å²) in [6, 6.07) is 1.95. The molecule has 0 aromatic rings. The van der Waals surface area contributed by atoms with Gasteiger partial charge in [0.25, 0.3) is 6.47 Å². The molecule has 0 heterocycles. The third-order valence-electron chi connectivity index (χ3n) is 3.48. The van der Waals surface area contributed by atoms with Crippen LogP contribution in [0.1, 0.15) is 20.8 Å². The molecular weight excluding hydrogens is 278 g/mol. The molecular formula is C13H25NO5Si. The minimum Gasteiger partial charge on any atom is -0.458 e. The van der Waals surface area contributed by atoms with Crippen molar-refractivity contribution >= 4 is 14.8 Å². The Morgan fingerprint density at radius 3 is 2.35 bits per heavy atom. The summed E-state index contributed by atoms with van der Waals surface area (Å²) < 4.78 is 20.8. The molecule has 0 fully saturated rings. The molecule has 0 aromatic heterocycles. The zero-order chi connectivity index (χ0) is 15.8. The van der Waals surface area contributed by atoms with Crippen molar-refractivity contribution in [1.29, 1.82) is 5.26 Å². The smallest absolute Gasteiger partial charge is 0.293 e. The topological polar surface area (TPSA) is 77.8 Å². The molecule has 0 unspecified atom stereocenters. The Kier molecular flexibility index (Phi) is 7.97. The molecule has 7 heteroatoms. The molecule has 6 nitrogen and oxygen atoms in total. The summed E-state index contributed by atoms with van der Waals surface area (Å²) in [6.07, 6.45) is -1.67. The maximum absolute atomic E-state index is 10.6. The number of nitriles is 1. The van der Waals surface area contributed by atoms with Crippen LogP contribution in [0.2, 0.25) is 18.1 Å². The molecule has 0 amide bonds. The summed E-state index contributed by atoms with van der Waals surface area (Å²) in [7, 11) is -0.524. The first kappa shape index (κ1) is 19.1. The summed E-state index contributed by atoms with van der Waals surface area (Å²) in [5, 5.41) is 9.10. The van der Waals surface area contributed by atoms with Gasteiger partial charge in [0.2, 0.25) is 0 Å². The lowest BCUT2D eigenvalue weighted by molar-refractivity contribution is -0.149. The lowest BCUT2D eigenvalue weighted by atomic mass is 10.2. The van der Waals surface area contributed by atoms with E-state index in [1.807, 2.05) is 6.07 Å². The quantitative estimate of drug-likeness (QED) is 0.368. The summed E-state index contributed by atoms with van der Waals surface area (Å²) in [4.78, 5) is 10.6. The van der Waals surface area contributed by atoms with Gasteiger partial charge < -0.3 is 18.6 Å². The number of methoxy groups -OCH3 is 1. The first-order chi connectivity index (χ1) is 9.19. The lowest BCUT2D eigenvalue weighted by Crippen LogP contribution is -2.45. The molecule has 0 aliphatic heterocycles. The normalized spacial score (nSPS) is 15.2. The number of hydrogen-bond acceptors (Lipinski definition) is 6. The second-order valence-corrected chi connectivity index (χ2v) is 10.8. The minimum absolute atomic E-state index is 0.0360. The number of hydrogen-bond donors (Lipinski definition) is 0. The molecule has 0 aliphatic rings. The summed E-state index contributed by atoms with van der Waals surface area (Å²) in [5.74, 6) is 0. The van der Waals surface area contributed by atoms with Crippen molar-refractivity contribution in [2.24, 2.45) is 0 Å². The highest BCUT2D eigenvalue weighted by atomic mass is 28.4. The van der Waals surface area contributed by atoms with Crippen LogP contribution in [0.5, 0.6) is 0 Å². The maximum atomic E-state index is 10.6. The summed E-state index contributed by atoms with van der Waals surface area (Å²) in [6.45, 7) is 10.9. The van der Waals surface area contributed by atoms with Crippen molar-refractivity contribution in [2.45, 2.75) is 51.1 Å². The Bertz CT molecular complexity index is 335. The fourth-order valence-electron chi connectivity index (χ4n) is 1.15. The van der Waals surface area contributed by atoms with E-state index >= 15 is 0 Å². The van der Waals surface area contributed by atoms with E-state index in [9.17, 15) is 4.79 Å². The van der Waals surface area contributed by atoms with Crippen molar-refractivity contribution < 1.29 is 23.4 Å². The lowest BCUT2D eigenvalue weighted by Gasteiger charge is -2.37. The Balaban J connectivity index is 4.69. The first-order valence-electron chi connectivity index (χ1n) is 6.43. The molecule has 0 aliphatic carbocycles. The van der Waals surface area contributed by atoms with Crippen molar-refractivity contribution in [2.75, 3.05) is 20.5 Å². The van der Waals surface area contributed by atoms with Crippen LogP contribution >= 0.6 is 0 Å². The Hall–Kier alpha value is -0.943. The van der Waals surface area contributed by atoms with Crippen LogP contribution in [0.25, 0.3) is 0 Å². The van der Waals surface area contributed by atoms with Crippen LogP contribution in [-0.4, -0.2) is 47.5 Å². The molecule has 2 atom stereocenters. The predicted molar refractivity (Wildman–Crippen MR) is 76.4 cm³/mol. The summed E-state index contributed by atoms with van der Waals surface area (Å²) >= 11 is 0. The van der Waals surface area contributed by atoms with Gasteiger partial charge in [-0.05, 0) is 18.1 Å². The maximum Gasteiger partial charge on any atom is 0.293 e. The highest BCUT2D eigenvalue weighted by Gasteiger charge is 2.38. The van der Waals surface area contributed by atoms with Gasteiger partial charge in [-0.2, -0.15) is 5.26 Å². The first-order valence-corrected chi connectivity index (χ1v) is 9.33.